The molecule has 0 atom stereocenters. The number of benzene rings is 1. The number of rotatable bonds is 6. The maximum atomic E-state index is 11.8. The van der Waals surface area contributed by atoms with E-state index in [1.54, 1.807) is 6.92 Å². The van der Waals surface area contributed by atoms with Crippen molar-refractivity contribution in [3.63, 3.8) is 0 Å². The fraction of sp³-hybridized carbons (Fsp3) is 0.375. The number of hydrogen-bond donors (Lipinski definition) is 1. The molecule has 0 aliphatic rings. The Balaban J connectivity index is 1.75. The lowest BCUT2D eigenvalue weighted by molar-refractivity contribution is 0.0951. The van der Waals surface area contributed by atoms with E-state index in [2.05, 4.69) is 39.6 Å². The lowest BCUT2D eigenvalue weighted by atomic mass is 10.1. The van der Waals surface area contributed by atoms with E-state index >= 15 is 0 Å². The lowest BCUT2D eigenvalue weighted by Gasteiger charge is -2.12. The molecule has 21 heavy (non-hydrogen) atoms. The topological polar surface area (TPSA) is 58.4 Å². The number of carbonyl (C=O) groups excluding carboxylic acids is 1. The molecular formula is C16H21N3O2. The molecule has 0 aliphatic heterocycles. The van der Waals surface area contributed by atoms with Gasteiger partial charge in [0.1, 0.15) is 11.3 Å². The lowest BCUT2D eigenvalue weighted by Crippen LogP contribution is -2.24. The summed E-state index contributed by atoms with van der Waals surface area (Å²) in [5, 5.41) is 6.48. The van der Waals surface area contributed by atoms with Crippen molar-refractivity contribution < 1.29 is 9.32 Å². The van der Waals surface area contributed by atoms with Gasteiger partial charge in [0.15, 0.2) is 0 Å². The molecular weight excluding hydrogens is 266 g/mol. The van der Waals surface area contributed by atoms with Crippen LogP contribution >= 0.6 is 0 Å². The van der Waals surface area contributed by atoms with Crippen LogP contribution in [0.15, 0.2) is 35.0 Å². The minimum Gasteiger partial charge on any atom is -0.378 e. The highest BCUT2D eigenvalue weighted by molar-refractivity contribution is 5.94. The molecule has 1 amide bonds. The highest BCUT2D eigenvalue weighted by atomic mass is 16.5. The van der Waals surface area contributed by atoms with E-state index in [0.29, 0.717) is 17.9 Å². The summed E-state index contributed by atoms with van der Waals surface area (Å²) < 4.78 is 4.88. The van der Waals surface area contributed by atoms with Crippen molar-refractivity contribution in [3.05, 3.63) is 47.3 Å². The largest absolute Gasteiger partial charge is 0.378 e. The molecule has 1 N–H and O–H groups in total. The molecule has 0 saturated carbocycles. The summed E-state index contributed by atoms with van der Waals surface area (Å²) in [5.74, 6) is 0.420. The van der Waals surface area contributed by atoms with E-state index < -0.39 is 0 Å². The van der Waals surface area contributed by atoms with E-state index in [0.717, 1.165) is 12.8 Å². The molecule has 0 fully saturated rings. The molecule has 5 nitrogen and oxygen atoms in total. The first-order valence-corrected chi connectivity index (χ1v) is 7.03. The summed E-state index contributed by atoms with van der Waals surface area (Å²) >= 11 is 0. The van der Waals surface area contributed by atoms with Gasteiger partial charge in [0.25, 0.3) is 5.91 Å². The molecule has 0 unspecified atom stereocenters. The smallest absolute Gasteiger partial charge is 0.256 e. The molecule has 2 aromatic rings. The third-order valence-electron chi connectivity index (χ3n) is 3.38. The van der Waals surface area contributed by atoms with Gasteiger partial charge in [0, 0.05) is 26.3 Å². The number of nitrogens with one attached hydrogen (secondary N) is 1. The van der Waals surface area contributed by atoms with Crippen molar-refractivity contribution in [1.82, 2.24) is 10.5 Å². The highest BCUT2D eigenvalue weighted by Crippen LogP contribution is 2.13. The van der Waals surface area contributed by atoms with Gasteiger partial charge in [0.05, 0.1) is 6.20 Å². The van der Waals surface area contributed by atoms with Gasteiger partial charge in [0.2, 0.25) is 0 Å². The molecule has 2 rings (SSSR count). The molecule has 112 valence electrons. The standard InChI is InChI=1S/C16H21N3O2/c1-12-15(11-18-21-12)16(20)17-10-4-5-13-6-8-14(9-7-13)19(2)3/h6-9,11H,4-5,10H2,1-3H3,(H,17,20). The summed E-state index contributed by atoms with van der Waals surface area (Å²) in [5.41, 5.74) is 2.97. The highest BCUT2D eigenvalue weighted by Gasteiger charge is 2.11. The van der Waals surface area contributed by atoms with E-state index in [4.69, 9.17) is 4.52 Å². The Kier molecular flexibility index (Phi) is 4.98. The summed E-state index contributed by atoms with van der Waals surface area (Å²) in [7, 11) is 4.05. The number of anilines is 1. The van der Waals surface area contributed by atoms with Crippen LogP contribution in [0.5, 0.6) is 0 Å². The fourth-order valence-corrected chi connectivity index (χ4v) is 2.07. The van der Waals surface area contributed by atoms with Crippen molar-refractivity contribution in [3.8, 4) is 0 Å². The van der Waals surface area contributed by atoms with Crippen LogP contribution in [-0.4, -0.2) is 31.7 Å². The Morgan fingerprint density at radius 2 is 2.00 bits per heavy atom. The number of hydrogen-bond acceptors (Lipinski definition) is 4. The Bertz CT molecular complexity index is 588. The average Bonchev–Trinajstić information content (AvgIpc) is 2.90. The van der Waals surface area contributed by atoms with Crippen LogP contribution in [0.4, 0.5) is 5.69 Å². The summed E-state index contributed by atoms with van der Waals surface area (Å²) in [6.07, 6.45) is 3.29. The first kappa shape index (κ1) is 15.1. The maximum Gasteiger partial charge on any atom is 0.256 e. The maximum absolute atomic E-state index is 11.8. The number of aromatic nitrogens is 1. The minimum atomic E-state index is -0.128. The van der Waals surface area contributed by atoms with Crippen molar-refractivity contribution >= 4 is 11.6 Å². The first-order valence-electron chi connectivity index (χ1n) is 7.03. The van der Waals surface area contributed by atoms with Gasteiger partial charge in [-0.05, 0) is 37.5 Å². The second-order valence-corrected chi connectivity index (χ2v) is 5.22. The third kappa shape index (κ3) is 4.08. The Morgan fingerprint density at radius 3 is 2.57 bits per heavy atom. The van der Waals surface area contributed by atoms with Crippen molar-refractivity contribution in [2.75, 3.05) is 25.5 Å². The average molecular weight is 287 g/mol. The van der Waals surface area contributed by atoms with Gasteiger partial charge >= 0.3 is 0 Å². The van der Waals surface area contributed by atoms with Crippen molar-refractivity contribution in [1.29, 1.82) is 0 Å². The molecule has 0 saturated heterocycles. The molecule has 5 heteroatoms. The van der Waals surface area contributed by atoms with Crippen LogP contribution in [0.2, 0.25) is 0 Å². The van der Waals surface area contributed by atoms with Crippen molar-refractivity contribution in [2.24, 2.45) is 0 Å². The predicted molar refractivity (Wildman–Crippen MR) is 82.7 cm³/mol. The van der Waals surface area contributed by atoms with Gasteiger partial charge < -0.3 is 14.7 Å². The van der Waals surface area contributed by atoms with Gasteiger partial charge in [-0.15, -0.1) is 0 Å². The summed E-state index contributed by atoms with van der Waals surface area (Å²) in [4.78, 5) is 13.9. The molecule has 1 aromatic carbocycles. The van der Waals surface area contributed by atoms with Gasteiger partial charge in [-0.2, -0.15) is 0 Å². The normalized spacial score (nSPS) is 10.4. The second-order valence-electron chi connectivity index (χ2n) is 5.22. The van der Waals surface area contributed by atoms with Crippen LogP contribution in [0.25, 0.3) is 0 Å². The van der Waals surface area contributed by atoms with E-state index in [-0.39, 0.29) is 5.91 Å². The minimum absolute atomic E-state index is 0.128. The first-order chi connectivity index (χ1) is 10.1. The van der Waals surface area contributed by atoms with E-state index in [1.165, 1.54) is 17.4 Å². The predicted octanol–water partition coefficient (Wildman–Crippen LogP) is 2.41. The van der Waals surface area contributed by atoms with Gasteiger partial charge in [-0.1, -0.05) is 17.3 Å². The fourth-order valence-electron chi connectivity index (χ4n) is 2.07. The van der Waals surface area contributed by atoms with E-state index in [9.17, 15) is 4.79 Å². The van der Waals surface area contributed by atoms with Gasteiger partial charge in [-0.3, -0.25) is 4.79 Å². The summed E-state index contributed by atoms with van der Waals surface area (Å²) in [6.45, 7) is 2.37. The molecule has 1 aromatic heterocycles. The monoisotopic (exact) mass is 287 g/mol. The third-order valence-corrected chi connectivity index (χ3v) is 3.38. The molecule has 1 heterocycles. The van der Waals surface area contributed by atoms with Crippen LogP contribution in [0.3, 0.4) is 0 Å². The zero-order valence-electron chi connectivity index (χ0n) is 12.7. The summed E-state index contributed by atoms with van der Waals surface area (Å²) in [6, 6.07) is 8.46. The van der Waals surface area contributed by atoms with E-state index in [1.807, 2.05) is 14.1 Å². The van der Waals surface area contributed by atoms with Crippen LogP contribution in [0.1, 0.15) is 28.1 Å². The number of carbonyl (C=O) groups is 1. The number of nitrogens with zero attached hydrogens (tertiary/aromatic N) is 2. The molecule has 0 spiro atoms. The van der Waals surface area contributed by atoms with Gasteiger partial charge in [-0.25, -0.2) is 0 Å². The molecule has 0 radical (unpaired) electrons. The van der Waals surface area contributed by atoms with Crippen LogP contribution in [0, 0.1) is 6.92 Å². The number of aryl methyl sites for hydroxylation is 2. The number of amides is 1. The van der Waals surface area contributed by atoms with Crippen LogP contribution in [-0.2, 0) is 6.42 Å². The van der Waals surface area contributed by atoms with Crippen LogP contribution < -0.4 is 10.2 Å². The van der Waals surface area contributed by atoms with Crippen molar-refractivity contribution in [2.45, 2.75) is 19.8 Å². The zero-order chi connectivity index (χ0) is 15.2. The zero-order valence-corrected chi connectivity index (χ0v) is 12.7. The SMILES string of the molecule is Cc1oncc1C(=O)NCCCc1ccc(N(C)C)cc1. The molecule has 0 bridgehead atoms. The molecule has 0 aliphatic carbocycles. The quantitative estimate of drug-likeness (QED) is 0.829. The Labute approximate surface area is 124 Å². The second kappa shape index (κ2) is 6.92. The Hall–Kier alpha value is -2.30. The Morgan fingerprint density at radius 1 is 1.29 bits per heavy atom.